The molecule has 0 unspecified atom stereocenters. The molecule has 3 aromatic carbocycles. The zero-order valence-electron chi connectivity index (χ0n) is 16.6. The third-order valence-electron chi connectivity index (χ3n) is 4.00. The molecular weight excluding hydrogens is 464 g/mol. The van der Waals surface area contributed by atoms with E-state index in [4.69, 9.17) is 14.2 Å². The van der Waals surface area contributed by atoms with E-state index in [2.05, 4.69) is 26.5 Å². The fourth-order valence-corrected chi connectivity index (χ4v) is 2.91. The minimum atomic E-state index is -0.494. The van der Waals surface area contributed by atoms with Gasteiger partial charge in [-0.2, -0.15) is 5.10 Å². The molecule has 3 aromatic rings. The molecule has 8 heteroatoms. The summed E-state index contributed by atoms with van der Waals surface area (Å²) < 4.78 is 16.9. The molecule has 0 fully saturated rings. The van der Waals surface area contributed by atoms with E-state index in [0.717, 1.165) is 4.47 Å². The van der Waals surface area contributed by atoms with Crippen molar-refractivity contribution in [3.63, 3.8) is 0 Å². The van der Waals surface area contributed by atoms with Gasteiger partial charge in [0.05, 0.1) is 18.9 Å². The summed E-state index contributed by atoms with van der Waals surface area (Å²) in [4.78, 5) is 24.4. The van der Waals surface area contributed by atoms with E-state index in [-0.39, 0.29) is 6.61 Å². The zero-order chi connectivity index (χ0) is 22.1. The topological polar surface area (TPSA) is 86.2 Å². The molecule has 1 amide bonds. The number of hydrazone groups is 1. The van der Waals surface area contributed by atoms with Crippen molar-refractivity contribution in [1.29, 1.82) is 0 Å². The molecule has 31 heavy (non-hydrogen) atoms. The molecule has 3 rings (SSSR count). The lowest BCUT2D eigenvalue weighted by atomic mass is 10.2. The molecule has 0 aliphatic carbocycles. The highest BCUT2D eigenvalue weighted by molar-refractivity contribution is 9.10. The van der Waals surface area contributed by atoms with Gasteiger partial charge in [-0.05, 0) is 42.5 Å². The number of esters is 1. The quantitative estimate of drug-likeness (QED) is 0.225. The summed E-state index contributed by atoms with van der Waals surface area (Å²) in [7, 11) is 1.52. The molecule has 0 aliphatic rings. The fraction of sp³-hybridized carbons (Fsp3) is 0.0870. The van der Waals surface area contributed by atoms with Crippen molar-refractivity contribution >= 4 is 34.0 Å². The van der Waals surface area contributed by atoms with Gasteiger partial charge in [0, 0.05) is 10.0 Å². The van der Waals surface area contributed by atoms with Gasteiger partial charge in [-0.3, -0.25) is 4.79 Å². The smallest absolute Gasteiger partial charge is 0.343 e. The lowest BCUT2D eigenvalue weighted by Crippen LogP contribution is -2.24. The fourth-order valence-electron chi connectivity index (χ4n) is 2.53. The first-order valence-electron chi connectivity index (χ1n) is 9.21. The van der Waals surface area contributed by atoms with Gasteiger partial charge in [0.25, 0.3) is 5.91 Å². The van der Waals surface area contributed by atoms with E-state index in [1.165, 1.54) is 13.3 Å². The zero-order valence-corrected chi connectivity index (χ0v) is 18.2. The Labute approximate surface area is 187 Å². The number of methoxy groups -OCH3 is 1. The number of nitrogens with one attached hydrogen (secondary N) is 1. The van der Waals surface area contributed by atoms with Crippen molar-refractivity contribution < 1.29 is 23.8 Å². The number of carbonyl (C=O) groups excluding carboxylic acids is 2. The highest BCUT2D eigenvalue weighted by Gasteiger charge is 2.11. The van der Waals surface area contributed by atoms with Crippen LogP contribution in [0.2, 0.25) is 0 Å². The Hall–Kier alpha value is -3.65. The Balaban J connectivity index is 1.61. The van der Waals surface area contributed by atoms with Crippen molar-refractivity contribution in [2.24, 2.45) is 5.10 Å². The van der Waals surface area contributed by atoms with Crippen LogP contribution < -0.4 is 19.6 Å². The van der Waals surface area contributed by atoms with Crippen LogP contribution in [0.4, 0.5) is 0 Å². The SMILES string of the molecule is COc1ccccc1OCC(=O)N/N=C\c1cc(Br)ccc1OC(=O)c1ccccc1. The number of para-hydroxylation sites is 2. The normalized spacial score (nSPS) is 10.5. The number of carbonyl (C=O) groups is 2. The predicted octanol–water partition coefficient (Wildman–Crippen LogP) is 4.21. The van der Waals surface area contributed by atoms with Crippen molar-refractivity contribution in [2.45, 2.75) is 0 Å². The minimum Gasteiger partial charge on any atom is -0.493 e. The first-order chi connectivity index (χ1) is 15.1. The molecule has 0 aliphatic heterocycles. The standard InChI is InChI=1S/C23H19BrN2O5/c1-29-20-9-5-6-10-21(20)30-15-22(27)26-25-14-17-13-18(24)11-12-19(17)31-23(28)16-7-3-2-4-8-16/h2-14H,15H2,1H3,(H,26,27)/b25-14-. The maximum atomic E-state index is 12.3. The average molecular weight is 483 g/mol. The van der Waals surface area contributed by atoms with E-state index >= 15 is 0 Å². The van der Waals surface area contributed by atoms with Crippen LogP contribution in [0.15, 0.2) is 82.4 Å². The molecule has 0 saturated heterocycles. The second kappa shape index (κ2) is 10.9. The van der Waals surface area contributed by atoms with Crippen molar-refractivity contribution in [3.8, 4) is 17.2 Å². The number of rotatable bonds is 8. The van der Waals surface area contributed by atoms with Gasteiger partial charge < -0.3 is 14.2 Å². The number of amides is 1. The lowest BCUT2D eigenvalue weighted by Gasteiger charge is -2.09. The van der Waals surface area contributed by atoms with E-state index in [1.54, 1.807) is 66.7 Å². The minimum absolute atomic E-state index is 0.244. The van der Waals surface area contributed by atoms with Gasteiger partial charge in [-0.25, -0.2) is 10.2 Å². The van der Waals surface area contributed by atoms with Crippen LogP contribution in [0.25, 0.3) is 0 Å². The second-order valence-corrected chi connectivity index (χ2v) is 7.09. The lowest BCUT2D eigenvalue weighted by molar-refractivity contribution is -0.123. The summed E-state index contributed by atoms with van der Waals surface area (Å²) in [6, 6.07) is 20.8. The summed E-state index contributed by atoms with van der Waals surface area (Å²) in [5.74, 6) is 0.330. The highest BCUT2D eigenvalue weighted by atomic mass is 79.9. The number of nitrogens with zero attached hydrogens (tertiary/aromatic N) is 1. The highest BCUT2D eigenvalue weighted by Crippen LogP contribution is 2.25. The van der Waals surface area contributed by atoms with Crippen LogP contribution in [-0.4, -0.2) is 31.8 Å². The Bertz CT molecular complexity index is 1090. The molecule has 158 valence electrons. The van der Waals surface area contributed by atoms with E-state index < -0.39 is 11.9 Å². The van der Waals surface area contributed by atoms with Crippen LogP contribution in [0.5, 0.6) is 17.2 Å². The Kier molecular flexibility index (Phi) is 7.78. The van der Waals surface area contributed by atoms with E-state index in [0.29, 0.717) is 28.4 Å². The Morgan fingerprint density at radius 1 is 0.968 bits per heavy atom. The largest absolute Gasteiger partial charge is 0.493 e. The van der Waals surface area contributed by atoms with E-state index in [9.17, 15) is 9.59 Å². The van der Waals surface area contributed by atoms with Crippen LogP contribution in [0, 0.1) is 0 Å². The van der Waals surface area contributed by atoms with Gasteiger partial charge >= 0.3 is 5.97 Å². The van der Waals surface area contributed by atoms with Gasteiger partial charge in [0.2, 0.25) is 0 Å². The first-order valence-corrected chi connectivity index (χ1v) is 10.0. The maximum absolute atomic E-state index is 12.3. The van der Waals surface area contributed by atoms with Crippen LogP contribution >= 0.6 is 15.9 Å². The summed E-state index contributed by atoms with van der Waals surface area (Å²) in [5, 5.41) is 3.93. The van der Waals surface area contributed by atoms with E-state index in [1.807, 2.05) is 6.07 Å². The van der Waals surface area contributed by atoms with Gasteiger partial charge in [-0.15, -0.1) is 0 Å². The Morgan fingerprint density at radius 3 is 2.42 bits per heavy atom. The monoisotopic (exact) mass is 482 g/mol. The van der Waals surface area contributed by atoms with Gasteiger partial charge in [-0.1, -0.05) is 46.3 Å². The predicted molar refractivity (Wildman–Crippen MR) is 120 cm³/mol. The molecule has 0 heterocycles. The molecule has 0 aromatic heterocycles. The molecule has 0 saturated carbocycles. The van der Waals surface area contributed by atoms with Gasteiger partial charge in [0.1, 0.15) is 5.75 Å². The van der Waals surface area contributed by atoms with Gasteiger partial charge in [0.15, 0.2) is 18.1 Å². The molecule has 1 N–H and O–H groups in total. The number of hydrogen-bond donors (Lipinski definition) is 1. The van der Waals surface area contributed by atoms with Crippen molar-refractivity contribution in [1.82, 2.24) is 5.43 Å². The second-order valence-electron chi connectivity index (χ2n) is 6.17. The third-order valence-corrected chi connectivity index (χ3v) is 4.50. The summed E-state index contributed by atoms with van der Waals surface area (Å²) >= 11 is 3.37. The molecule has 0 bridgehead atoms. The molecular formula is C23H19BrN2O5. The number of ether oxygens (including phenoxy) is 3. The van der Waals surface area contributed by atoms with Crippen LogP contribution in [-0.2, 0) is 4.79 Å². The summed E-state index contributed by atoms with van der Waals surface area (Å²) in [6.07, 6.45) is 1.39. The van der Waals surface area contributed by atoms with Crippen LogP contribution in [0.3, 0.4) is 0 Å². The molecule has 7 nitrogen and oxygen atoms in total. The van der Waals surface area contributed by atoms with Crippen molar-refractivity contribution in [2.75, 3.05) is 13.7 Å². The molecule has 0 spiro atoms. The average Bonchev–Trinajstić information content (AvgIpc) is 2.80. The number of benzene rings is 3. The first kappa shape index (κ1) is 22.0. The third kappa shape index (κ3) is 6.42. The summed E-state index contributed by atoms with van der Waals surface area (Å²) in [6.45, 7) is -0.244. The number of halogens is 1. The molecule has 0 atom stereocenters. The Morgan fingerprint density at radius 2 is 1.68 bits per heavy atom. The van der Waals surface area contributed by atoms with Crippen molar-refractivity contribution in [3.05, 3.63) is 88.4 Å². The summed E-state index contributed by atoms with van der Waals surface area (Å²) in [5.41, 5.74) is 3.31. The maximum Gasteiger partial charge on any atom is 0.343 e. The molecule has 0 radical (unpaired) electrons. The number of hydrogen-bond acceptors (Lipinski definition) is 6. The van der Waals surface area contributed by atoms with Crippen LogP contribution in [0.1, 0.15) is 15.9 Å².